The molecule has 34 heavy (non-hydrogen) atoms. The largest absolute Gasteiger partial charge is 0.429 e. The first kappa shape index (κ1) is 25.3. The number of halogens is 8. The fraction of sp³-hybridized carbons (Fsp3) is 0.200. The van der Waals surface area contributed by atoms with E-state index in [0.717, 1.165) is 30.0 Å². The van der Waals surface area contributed by atoms with Gasteiger partial charge < -0.3 is 4.74 Å². The first-order chi connectivity index (χ1) is 15.9. The highest BCUT2D eigenvalue weighted by Crippen LogP contribution is 2.36. The predicted octanol–water partition coefficient (Wildman–Crippen LogP) is 8.43. The van der Waals surface area contributed by atoms with Crippen molar-refractivity contribution >= 4 is 6.08 Å². The third-order valence-electron chi connectivity index (χ3n) is 4.84. The summed E-state index contributed by atoms with van der Waals surface area (Å²) in [6.45, 7) is 2.05. The Morgan fingerprint density at radius 1 is 0.765 bits per heavy atom. The van der Waals surface area contributed by atoms with Crippen LogP contribution in [0.25, 0.3) is 17.2 Å². The van der Waals surface area contributed by atoms with Crippen molar-refractivity contribution in [2.45, 2.75) is 32.1 Å². The van der Waals surface area contributed by atoms with Crippen LogP contribution in [0.3, 0.4) is 0 Å². The molecular weight excluding hydrogens is 468 g/mol. The maximum atomic E-state index is 14.5. The van der Waals surface area contributed by atoms with Gasteiger partial charge in [0.25, 0.3) is 0 Å². The minimum Gasteiger partial charge on any atom is -0.429 e. The van der Waals surface area contributed by atoms with Crippen LogP contribution in [0.1, 0.15) is 30.0 Å². The molecule has 0 spiro atoms. The molecule has 180 valence electrons. The number of rotatable bonds is 7. The fourth-order valence-corrected chi connectivity index (χ4v) is 3.25. The van der Waals surface area contributed by atoms with Crippen LogP contribution in [-0.4, -0.2) is 6.11 Å². The van der Waals surface area contributed by atoms with Crippen LogP contribution in [0, 0.1) is 17.5 Å². The zero-order valence-corrected chi connectivity index (χ0v) is 17.7. The van der Waals surface area contributed by atoms with Gasteiger partial charge in [-0.3, -0.25) is 0 Å². The average Bonchev–Trinajstić information content (AvgIpc) is 2.71. The van der Waals surface area contributed by atoms with E-state index in [1.807, 2.05) is 31.2 Å². The number of benzene rings is 3. The molecule has 0 aliphatic heterocycles. The summed E-state index contributed by atoms with van der Waals surface area (Å²) in [7, 11) is 0. The highest BCUT2D eigenvalue weighted by molar-refractivity contribution is 5.66. The standard InChI is InChI=1S/C25H18F8O/c1-2-3-15-4-6-16(7-5-15)18-9-8-17(20(26)12-18)10-11-24(29,30)34-19-13-21(27)23(22(28)14-19)25(31,32)33/h4-14H,2-3H2,1H3/b11-10+. The molecule has 0 aromatic heterocycles. The smallest absolute Gasteiger partial charge is 0.422 e. The van der Waals surface area contributed by atoms with Gasteiger partial charge in [-0.15, -0.1) is 0 Å². The number of aryl methyl sites for hydroxylation is 1. The lowest BCUT2D eigenvalue weighted by atomic mass is 10.0. The second-order valence-electron chi connectivity index (χ2n) is 7.44. The van der Waals surface area contributed by atoms with Crippen molar-refractivity contribution in [2.24, 2.45) is 0 Å². The summed E-state index contributed by atoms with van der Waals surface area (Å²) >= 11 is 0. The molecule has 0 fully saturated rings. The van der Waals surface area contributed by atoms with Crippen LogP contribution in [0.15, 0.2) is 60.7 Å². The quantitative estimate of drug-likeness (QED) is 0.305. The molecule has 0 radical (unpaired) electrons. The van der Waals surface area contributed by atoms with Crippen LogP contribution in [0.5, 0.6) is 5.75 Å². The molecule has 3 aromatic carbocycles. The normalized spacial score (nSPS) is 12.4. The lowest BCUT2D eigenvalue weighted by Crippen LogP contribution is -2.22. The summed E-state index contributed by atoms with van der Waals surface area (Å²) in [5.41, 5.74) is -0.0627. The molecule has 9 heteroatoms. The minimum absolute atomic E-state index is 0.00515. The van der Waals surface area contributed by atoms with Gasteiger partial charge in [0.2, 0.25) is 0 Å². The number of ether oxygens (including phenoxy) is 1. The maximum absolute atomic E-state index is 14.5. The Balaban J connectivity index is 1.76. The molecular formula is C25H18F8O. The van der Waals surface area contributed by atoms with Crippen molar-refractivity contribution in [2.75, 3.05) is 0 Å². The molecule has 0 saturated heterocycles. The Bertz CT molecular complexity index is 1160. The molecule has 0 N–H and O–H groups in total. The molecule has 0 bridgehead atoms. The molecule has 3 aromatic rings. The molecule has 3 rings (SSSR count). The Morgan fingerprint density at radius 2 is 1.35 bits per heavy atom. The van der Waals surface area contributed by atoms with Crippen molar-refractivity contribution in [3.63, 3.8) is 0 Å². The average molecular weight is 486 g/mol. The summed E-state index contributed by atoms with van der Waals surface area (Å²) in [6.07, 6.45) is -6.85. The zero-order chi connectivity index (χ0) is 25.1. The van der Waals surface area contributed by atoms with Crippen LogP contribution in [0.4, 0.5) is 35.1 Å². The SMILES string of the molecule is CCCc1ccc(-c2ccc(/C=C/C(F)(F)Oc3cc(F)c(C(F)(F)F)c(F)c3)c(F)c2)cc1. The van der Waals surface area contributed by atoms with E-state index < -0.39 is 41.0 Å². The highest BCUT2D eigenvalue weighted by atomic mass is 19.4. The molecule has 0 saturated carbocycles. The lowest BCUT2D eigenvalue weighted by Gasteiger charge is -2.16. The second kappa shape index (κ2) is 9.87. The van der Waals surface area contributed by atoms with Gasteiger partial charge in [0, 0.05) is 23.8 Å². The van der Waals surface area contributed by atoms with Crippen LogP contribution >= 0.6 is 0 Å². The first-order valence-electron chi connectivity index (χ1n) is 10.1. The fourth-order valence-electron chi connectivity index (χ4n) is 3.25. The van der Waals surface area contributed by atoms with Crippen molar-refractivity contribution in [1.29, 1.82) is 0 Å². The number of alkyl halides is 5. The molecule has 0 aliphatic rings. The van der Waals surface area contributed by atoms with E-state index in [-0.39, 0.29) is 23.8 Å². The van der Waals surface area contributed by atoms with E-state index in [1.165, 1.54) is 12.1 Å². The summed E-state index contributed by atoms with van der Waals surface area (Å²) in [5, 5.41) is 0. The first-order valence-corrected chi connectivity index (χ1v) is 10.1. The molecule has 0 aliphatic carbocycles. The maximum Gasteiger partial charge on any atom is 0.422 e. The van der Waals surface area contributed by atoms with Gasteiger partial charge in [-0.25, -0.2) is 13.2 Å². The van der Waals surface area contributed by atoms with E-state index in [1.54, 1.807) is 0 Å². The van der Waals surface area contributed by atoms with Gasteiger partial charge in [-0.2, -0.15) is 22.0 Å². The third-order valence-corrected chi connectivity index (χ3v) is 4.84. The summed E-state index contributed by atoms with van der Waals surface area (Å²) in [5.74, 6) is -6.19. The molecule has 0 unspecified atom stereocenters. The summed E-state index contributed by atoms with van der Waals surface area (Å²) < 4.78 is 112. The van der Waals surface area contributed by atoms with Crippen molar-refractivity contribution in [3.05, 3.63) is 94.8 Å². The van der Waals surface area contributed by atoms with Gasteiger partial charge in [-0.1, -0.05) is 49.7 Å². The Morgan fingerprint density at radius 3 is 1.88 bits per heavy atom. The number of hydrogen-bond donors (Lipinski definition) is 0. The second-order valence-corrected chi connectivity index (χ2v) is 7.44. The third kappa shape index (κ3) is 6.15. The summed E-state index contributed by atoms with van der Waals surface area (Å²) in [4.78, 5) is 0. The molecule has 0 amide bonds. The molecule has 1 nitrogen and oxygen atoms in total. The summed E-state index contributed by atoms with van der Waals surface area (Å²) in [6, 6.07) is 11.4. The number of hydrogen-bond acceptors (Lipinski definition) is 1. The van der Waals surface area contributed by atoms with Crippen LogP contribution < -0.4 is 4.74 Å². The molecule has 0 heterocycles. The Labute approximate surface area is 190 Å². The van der Waals surface area contributed by atoms with Crippen LogP contribution in [0.2, 0.25) is 0 Å². The monoisotopic (exact) mass is 486 g/mol. The van der Waals surface area contributed by atoms with Gasteiger partial charge in [0.15, 0.2) is 0 Å². The molecule has 0 atom stereocenters. The van der Waals surface area contributed by atoms with Crippen molar-refractivity contribution in [3.8, 4) is 16.9 Å². The predicted molar refractivity (Wildman–Crippen MR) is 112 cm³/mol. The Kier molecular flexibility index (Phi) is 7.33. The van der Waals surface area contributed by atoms with Crippen molar-refractivity contribution in [1.82, 2.24) is 0 Å². The van der Waals surface area contributed by atoms with Gasteiger partial charge in [-0.05, 0) is 35.3 Å². The Hall–Kier alpha value is -3.36. The zero-order valence-electron chi connectivity index (χ0n) is 17.7. The van der Waals surface area contributed by atoms with Gasteiger partial charge >= 0.3 is 12.3 Å². The minimum atomic E-state index is -5.35. The van der Waals surface area contributed by atoms with Crippen LogP contribution in [-0.2, 0) is 12.6 Å². The van der Waals surface area contributed by atoms with Crippen molar-refractivity contribution < 1.29 is 39.9 Å². The van der Waals surface area contributed by atoms with E-state index >= 15 is 0 Å². The highest BCUT2D eigenvalue weighted by Gasteiger charge is 2.39. The van der Waals surface area contributed by atoms with E-state index in [0.29, 0.717) is 11.6 Å². The van der Waals surface area contributed by atoms with E-state index in [9.17, 15) is 35.1 Å². The van der Waals surface area contributed by atoms with Gasteiger partial charge in [0.1, 0.15) is 28.8 Å². The topological polar surface area (TPSA) is 9.23 Å². The lowest BCUT2D eigenvalue weighted by molar-refractivity contribution is -0.143. The van der Waals surface area contributed by atoms with E-state index in [2.05, 4.69) is 4.74 Å². The van der Waals surface area contributed by atoms with Gasteiger partial charge in [0.05, 0.1) is 0 Å². The van der Waals surface area contributed by atoms with E-state index in [4.69, 9.17) is 0 Å².